The van der Waals surface area contributed by atoms with Crippen molar-refractivity contribution in [2.75, 3.05) is 0 Å². The predicted molar refractivity (Wildman–Crippen MR) is 69.0 cm³/mol. The Balaban J connectivity index is 2.95. The van der Waals surface area contributed by atoms with Gasteiger partial charge in [0.05, 0.1) is 0 Å². The van der Waals surface area contributed by atoms with Gasteiger partial charge in [-0.05, 0) is 52.4 Å². The first-order chi connectivity index (χ1) is 7.80. The standard InChI is InChI=1S/C15H17FO/c1-9-13(16)6-5-10-7-11(17)8-12(14(9)10)15(2,3)4/h5-8,17H,1-4H3. The van der Waals surface area contributed by atoms with Gasteiger partial charge in [0, 0.05) is 0 Å². The maximum absolute atomic E-state index is 13.7. The second-order valence-electron chi connectivity index (χ2n) is 5.51. The lowest BCUT2D eigenvalue weighted by Crippen LogP contribution is -2.12. The monoisotopic (exact) mass is 232 g/mol. The number of rotatable bonds is 0. The van der Waals surface area contributed by atoms with Gasteiger partial charge in [0.25, 0.3) is 0 Å². The average Bonchev–Trinajstić information content (AvgIpc) is 2.21. The second kappa shape index (κ2) is 3.73. The van der Waals surface area contributed by atoms with E-state index in [1.54, 1.807) is 25.1 Å². The summed E-state index contributed by atoms with van der Waals surface area (Å²) in [6.45, 7) is 7.96. The Hall–Kier alpha value is -1.57. The number of aryl methyl sites for hydroxylation is 1. The second-order valence-corrected chi connectivity index (χ2v) is 5.51. The first kappa shape index (κ1) is 11.9. The third kappa shape index (κ3) is 1.99. The van der Waals surface area contributed by atoms with E-state index in [2.05, 4.69) is 20.8 Å². The number of halogens is 1. The highest BCUT2D eigenvalue weighted by Gasteiger charge is 2.20. The molecule has 2 heteroatoms. The van der Waals surface area contributed by atoms with Gasteiger partial charge in [-0.2, -0.15) is 0 Å². The van der Waals surface area contributed by atoms with Crippen molar-refractivity contribution in [2.45, 2.75) is 33.1 Å². The van der Waals surface area contributed by atoms with Gasteiger partial charge < -0.3 is 5.11 Å². The van der Waals surface area contributed by atoms with Crippen LogP contribution in [0.15, 0.2) is 24.3 Å². The molecule has 0 bridgehead atoms. The zero-order valence-corrected chi connectivity index (χ0v) is 10.6. The molecule has 0 atom stereocenters. The summed E-state index contributed by atoms with van der Waals surface area (Å²) in [4.78, 5) is 0. The number of fused-ring (bicyclic) bond motifs is 1. The van der Waals surface area contributed by atoms with Gasteiger partial charge in [0.2, 0.25) is 0 Å². The van der Waals surface area contributed by atoms with Crippen molar-refractivity contribution >= 4 is 10.8 Å². The van der Waals surface area contributed by atoms with Crippen LogP contribution in [0.2, 0.25) is 0 Å². The van der Waals surface area contributed by atoms with E-state index < -0.39 is 0 Å². The Labute approximate surface area is 101 Å². The summed E-state index contributed by atoms with van der Waals surface area (Å²) in [5, 5.41) is 11.5. The Morgan fingerprint density at radius 2 is 1.76 bits per heavy atom. The van der Waals surface area contributed by atoms with Crippen LogP contribution in [-0.4, -0.2) is 5.11 Å². The quantitative estimate of drug-likeness (QED) is 0.718. The Morgan fingerprint density at radius 1 is 1.12 bits per heavy atom. The molecule has 0 aliphatic carbocycles. The van der Waals surface area contributed by atoms with E-state index >= 15 is 0 Å². The molecule has 1 nitrogen and oxygen atoms in total. The summed E-state index contributed by atoms with van der Waals surface area (Å²) < 4.78 is 13.7. The van der Waals surface area contributed by atoms with Crippen LogP contribution in [0.5, 0.6) is 5.75 Å². The van der Waals surface area contributed by atoms with Crippen molar-refractivity contribution in [3.8, 4) is 5.75 Å². The van der Waals surface area contributed by atoms with Gasteiger partial charge in [-0.3, -0.25) is 0 Å². The summed E-state index contributed by atoms with van der Waals surface area (Å²) in [5.41, 5.74) is 1.49. The minimum Gasteiger partial charge on any atom is -0.508 e. The highest BCUT2D eigenvalue weighted by Crippen LogP contribution is 2.35. The van der Waals surface area contributed by atoms with Crippen LogP contribution in [0.1, 0.15) is 31.9 Å². The first-order valence-electron chi connectivity index (χ1n) is 5.73. The predicted octanol–water partition coefficient (Wildman–Crippen LogP) is 4.29. The summed E-state index contributed by atoms with van der Waals surface area (Å²) in [7, 11) is 0. The minimum atomic E-state index is -0.200. The first-order valence-corrected chi connectivity index (χ1v) is 5.73. The zero-order chi connectivity index (χ0) is 12.8. The fraction of sp³-hybridized carbons (Fsp3) is 0.333. The SMILES string of the molecule is Cc1c(F)ccc2cc(O)cc(C(C)(C)C)c12. The topological polar surface area (TPSA) is 20.2 Å². The molecular formula is C15H17FO. The molecule has 17 heavy (non-hydrogen) atoms. The Bertz CT molecular complexity index is 579. The molecule has 0 fully saturated rings. The largest absolute Gasteiger partial charge is 0.508 e. The fourth-order valence-electron chi connectivity index (χ4n) is 2.20. The molecule has 0 aliphatic heterocycles. The molecule has 0 saturated heterocycles. The van der Waals surface area contributed by atoms with E-state index in [-0.39, 0.29) is 17.0 Å². The van der Waals surface area contributed by atoms with E-state index in [1.807, 2.05) is 0 Å². The van der Waals surface area contributed by atoms with Crippen LogP contribution in [0.25, 0.3) is 10.8 Å². The highest BCUT2D eigenvalue weighted by atomic mass is 19.1. The molecule has 2 rings (SSSR count). The number of aromatic hydroxyl groups is 1. The van der Waals surface area contributed by atoms with E-state index in [1.165, 1.54) is 6.07 Å². The van der Waals surface area contributed by atoms with E-state index in [0.29, 0.717) is 5.56 Å². The molecule has 0 saturated carbocycles. The molecule has 90 valence electrons. The van der Waals surface area contributed by atoms with Crippen LogP contribution in [-0.2, 0) is 5.41 Å². The summed E-state index contributed by atoms with van der Waals surface area (Å²) >= 11 is 0. The van der Waals surface area contributed by atoms with E-state index in [4.69, 9.17) is 0 Å². The van der Waals surface area contributed by atoms with Crippen molar-refractivity contribution in [1.82, 2.24) is 0 Å². The van der Waals surface area contributed by atoms with Gasteiger partial charge in [-0.1, -0.05) is 26.8 Å². The third-order valence-electron chi connectivity index (χ3n) is 3.10. The average molecular weight is 232 g/mol. The van der Waals surface area contributed by atoms with Crippen molar-refractivity contribution < 1.29 is 9.50 Å². The number of phenols is 1. The van der Waals surface area contributed by atoms with Crippen LogP contribution in [0.3, 0.4) is 0 Å². The molecule has 0 aliphatic rings. The molecule has 0 aromatic heterocycles. The number of hydrogen-bond acceptors (Lipinski definition) is 1. The van der Waals surface area contributed by atoms with Crippen molar-refractivity contribution in [3.05, 3.63) is 41.2 Å². The smallest absolute Gasteiger partial charge is 0.126 e. The van der Waals surface area contributed by atoms with E-state index in [9.17, 15) is 9.50 Å². The van der Waals surface area contributed by atoms with Crippen LogP contribution in [0.4, 0.5) is 4.39 Å². The lowest BCUT2D eigenvalue weighted by Gasteiger charge is -2.23. The van der Waals surface area contributed by atoms with Crippen LogP contribution in [0, 0.1) is 12.7 Å². The normalized spacial score (nSPS) is 12.1. The van der Waals surface area contributed by atoms with Gasteiger partial charge in [0.15, 0.2) is 0 Å². The van der Waals surface area contributed by atoms with Crippen molar-refractivity contribution in [1.29, 1.82) is 0 Å². The number of hydrogen-bond donors (Lipinski definition) is 1. The molecule has 2 aromatic carbocycles. The van der Waals surface area contributed by atoms with Gasteiger partial charge in [0.1, 0.15) is 11.6 Å². The lowest BCUT2D eigenvalue weighted by atomic mass is 9.82. The summed E-state index contributed by atoms with van der Waals surface area (Å²) in [5.74, 6) is 0.0297. The minimum absolute atomic E-state index is 0.129. The van der Waals surface area contributed by atoms with E-state index in [0.717, 1.165) is 16.3 Å². The van der Waals surface area contributed by atoms with Gasteiger partial charge >= 0.3 is 0 Å². The molecule has 0 amide bonds. The van der Waals surface area contributed by atoms with Crippen LogP contribution < -0.4 is 0 Å². The number of benzene rings is 2. The highest BCUT2D eigenvalue weighted by molar-refractivity contribution is 5.91. The van der Waals surface area contributed by atoms with Crippen LogP contribution >= 0.6 is 0 Å². The fourth-order valence-corrected chi connectivity index (χ4v) is 2.20. The molecule has 0 unspecified atom stereocenters. The molecule has 0 radical (unpaired) electrons. The van der Waals surface area contributed by atoms with Gasteiger partial charge in [-0.15, -0.1) is 0 Å². The lowest BCUT2D eigenvalue weighted by molar-refractivity contribution is 0.472. The van der Waals surface area contributed by atoms with Gasteiger partial charge in [-0.25, -0.2) is 4.39 Å². The summed E-state index contributed by atoms with van der Waals surface area (Å²) in [6, 6.07) is 6.57. The maximum Gasteiger partial charge on any atom is 0.126 e. The molecule has 2 aromatic rings. The maximum atomic E-state index is 13.7. The Morgan fingerprint density at radius 3 is 2.35 bits per heavy atom. The summed E-state index contributed by atoms with van der Waals surface area (Å²) in [6.07, 6.45) is 0. The number of phenolic OH excluding ortho intramolecular Hbond substituents is 1. The zero-order valence-electron chi connectivity index (χ0n) is 10.6. The molecule has 1 N–H and O–H groups in total. The Kier molecular flexibility index (Phi) is 2.61. The molecular weight excluding hydrogens is 215 g/mol. The van der Waals surface area contributed by atoms with Crippen molar-refractivity contribution in [2.24, 2.45) is 0 Å². The molecule has 0 spiro atoms. The van der Waals surface area contributed by atoms with Crippen molar-refractivity contribution in [3.63, 3.8) is 0 Å². The molecule has 0 heterocycles. The third-order valence-corrected chi connectivity index (χ3v) is 3.10.